The highest BCUT2D eigenvalue weighted by atomic mass is 16.2. The number of nitrogens with two attached hydrogens (primary N) is 1. The van der Waals surface area contributed by atoms with Crippen LogP contribution in [0.4, 0.5) is 22.1 Å². The Morgan fingerprint density at radius 1 is 1.32 bits per heavy atom. The van der Waals surface area contributed by atoms with Crippen molar-refractivity contribution in [3.8, 4) is 0 Å². The first-order valence-corrected chi connectivity index (χ1v) is 9.06. The van der Waals surface area contributed by atoms with Gasteiger partial charge in [-0.15, -0.1) is 0 Å². The van der Waals surface area contributed by atoms with Gasteiger partial charge in [0.05, 0.1) is 24.1 Å². The highest BCUT2D eigenvalue weighted by Gasteiger charge is 2.30. The van der Waals surface area contributed by atoms with Crippen molar-refractivity contribution >= 4 is 29.3 Å². The highest BCUT2D eigenvalue weighted by molar-refractivity contribution is 5.96. The van der Waals surface area contributed by atoms with Crippen LogP contribution in [-0.2, 0) is 7.05 Å². The van der Waals surface area contributed by atoms with E-state index in [1.165, 1.54) is 6.20 Å². The van der Waals surface area contributed by atoms with Gasteiger partial charge in [0, 0.05) is 32.9 Å². The molecule has 5 N–H and O–H groups in total. The number of aromatic nitrogens is 4. The SMILES string of the molecule is CNC(=O)N[C@@H]1CCCN(c2cnc(C(N)=O)c(Nc3cnn(C)c3)n2)[C@@H]1C. The van der Waals surface area contributed by atoms with Gasteiger partial charge in [-0.05, 0) is 19.8 Å². The first-order valence-electron chi connectivity index (χ1n) is 9.06. The molecule has 0 aromatic carbocycles. The first kappa shape index (κ1) is 19.4. The van der Waals surface area contributed by atoms with E-state index in [-0.39, 0.29) is 29.6 Å². The number of primary amides is 1. The molecular weight excluding hydrogens is 362 g/mol. The summed E-state index contributed by atoms with van der Waals surface area (Å²) in [5.41, 5.74) is 6.17. The molecule has 1 fully saturated rings. The van der Waals surface area contributed by atoms with Gasteiger partial charge in [-0.25, -0.2) is 14.8 Å². The topological polar surface area (TPSA) is 143 Å². The van der Waals surface area contributed by atoms with E-state index < -0.39 is 5.91 Å². The summed E-state index contributed by atoms with van der Waals surface area (Å²) in [6.45, 7) is 2.79. The second-order valence-electron chi connectivity index (χ2n) is 6.72. The van der Waals surface area contributed by atoms with Gasteiger partial charge in [-0.1, -0.05) is 0 Å². The van der Waals surface area contributed by atoms with Gasteiger partial charge in [0.2, 0.25) is 0 Å². The summed E-state index contributed by atoms with van der Waals surface area (Å²) in [7, 11) is 3.38. The number of hydrogen-bond donors (Lipinski definition) is 4. The van der Waals surface area contributed by atoms with Gasteiger partial charge in [-0.2, -0.15) is 5.10 Å². The summed E-state index contributed by atoms with van der Waals surface area (Å²) in [6, 6.07) is -0.236. The van der Waals surface area contributed by atoms with E-state index in [9.17, 15) is 9.59 Å². The Bertz CT molecular complexity index is 866. The number of hydrogen-bond acceptors (Lipinski definition) is 7. The lowest BCUT2D eigenvalue weighted by Crippen LogP contribution is -2.55. The smallest absolute Gasteiger partial charge is 0.314 e. The third-order valence-corrected chi connectivity index (χ3v) is 4.79. The van der Waals surface area contributed by atoms with Crippen LogP contribution in [0.25, 0.3) is 0 Å². The maximum Gasteiger partial charge on any atom is 0.314 e. The van der Waals surface area contributed by atoms with Crippen molar-refractivity contribution in [3.05, 3.63) is 24.3 Å². The molecule has 150 valence electrons. The van der Waals surface area contributed by atoms with E-state index in [1.54, 1.807) is 31.2 Å². The standard InChI is InChI=1S/C17H25N9O2/c1-10-12(23-17(28)19-2)5-4-6-26(10)13-8-20-14(15(18)27)16(24-13)22-11-7-21-25(3)9-11/h7-10,12H,4-6H2,1-3H3,(H2,18,27)(H,22,24)(H2,19,23,28)/t10-,12-/m1/s1. The minimum atomic E-state index is -0.670. The molecule has 11 heteroatoms. The number of carbonyl (C=O) groups is 2. The average Bonchev–Trinajstić information content (AvgIpc) is 3.07. The molecule has 11 nitrogen and oxygen atoms in total. The highest BCUT2D eigenvalue weighted by Crippen LogP contribution is 2.26. The fraction of sp³-hybridized carbons (Fsp3) is 0.471. The fourth-order valence-corrected chi connectivity index (χ4v) is 3.31. The maximum atomic E-state index is 11.8. The zero-order chi connectivity index (χ0) is 20.3. The van der Waals surface area contributed by atoms with E-state index in [0.29, 0.717) is 11.5 Å². The first-order chi connectivity index (χ1) is 13.4. The van der Waals surface area contributed by atoms with Crippen molar-refractivity contribution in [2.24, 2.45) is 12.8 Å². The molecule has 0 spiro atoms. The molecule has 3 amide bonds. The van der Waals surface area contributed by atoms with Gasteiger partial charge >= 0.3 is 6.03 Å². The second-order valence-corrected chi connectivity index (χ2v) is 6.72. The monoisotopic (exact) mass is 387 g/mol. The molecule has 28 heavy (non-hydrogen) atoms. The predicted molar refractivity (Wildman–Crippen MR) is 104 cm³/mol. The lowest BCUT2D eigenvalue weighted by molar-refractivity contribution is 0.0996. The predicted octanol–water partition coefficient (Wildman–Crippen LogP) is 0.339. The Hall–Kier alpha value is -3.37. The van der Waals surface area contributed by atoms with Gasteiger partial charge in [-0.3, -0.25) is 9.48 Å². The van der Waals surface area contributed by atoms with Crippen molar-refractivity contribution in [1.82, 2.24) is 30.4 Å². The van der Waals surface area contributed by atoms with Crippen LogP contribution in [-0.4, -0.2) is 57.4 Å². The van der Waals surface area contributed by atoms with Crippen LogP contribution in [0.2, 0.25) is 0 Å². The van der Waals surface area contributed by atoms with Crippen molar-refractivity contribution in [2.45, 2.75) is 31.8 Å². The zero-order valence-corrected chi connectivity index (χ0v) is 16.1. The molecule has 2 atom stereocenters. The summed E-state index contributed by atoms with van der Waals surface area (Å²) in [6.07, 6.45) is 6.67. The number of nitrogens with one attached hydrogen (secondary N) is 3. The zero-order valence-electron chi connectivity index (χ0n) is 16.1. The van der Waals surface area contributed by atoms with E-state index in [1.807, 2.05) is 6.92 Å². The largest absolute Gasteiger partial charge is 0.364 e. The lowest BCUT2D eigenvalue weighted by Gasteiger charge is -2.40. The van der Waals surface area contributed by atoms with E-state index >= 15 is 0 Å². The molecule has 0 saturated carbocycles. The van der Waals surface area contributed by atoms with E-state index in [2.05, 4.69) is 35.9 Å². The third kappa shape index (κ3) is 4.13. The van der Waals surface area contributed by atoms with Crippen molar-refractivity contribution in [1.29, 1.82) is 0 Å². The van der Waals surface area contributed by atoms with Crippen LogP contribution in [0.5, 0.6) is 0 Å². The van der Waals surface area contributed by atoms with Crippen molar-refractivity contribution in [3.63, 3.8) is 0 Å². The molecule has 0 unspecified atom stereocenters. The molecule has 1 saturated heterocycles. The molecule has 3 rings (SSSR count). The van der Waals surface area contributed by atoms with Crippen LogP contribution >= 0.6 is 0 Å². The number of piperidine rings is 1. The minimum Gasteiger partial charge on any atom is -0.364 e. The minimum absolute atomic E-state index is 0.00557. The van der Waals surface area contributed by atoms with Gasteiger partial charge < -0.3 is 26.6 Å². The number of aryl methyl sites for hydroxylation is 1. The molecule has 2 aromatic rings. The summed E-state index contributed by atoms with van der Waals surface area (Å²) >= 11 is 0. The second kappa shape index (κ2) is 8.11. The summed E-state index contributed by atoms with van der Waals surface area (Å²) in [5, 5.41) is 12.7. The van der Waals surface area contributed by atoms with Crippen LogP contribution in [0, 0.1) is 0 Å². The van der Waals surface area contributed by atoms with Crippen molar-refractivity contribution < 1.29 is 9.59 Å². The van der Waals surface area contributed by atoms with Crippen LogP contribution < -0.4 is 26.6 Å². The summed E-state index contributed by atoms with van der Waals surface area (Å²) in [4.78, 5) is 34.4. The van der Waals surface area contributed by atoms with E-state index in [0.717, 1.165) is 19.4 Å². The number of urea groups is 1. The molecule has 0 radical (unpaired) electrons. The van der Waals surface area contributed by atoms with Crippen LogP contribution in [0.1, 0.15) is 30.3 Å². The maximum absolute atomic E-state index is 11.8. The van der Waals surface area contributed by atoms with Gasteiger partial charge in [0.25, 0.3) is 5.91 Å². The number of anilines is 3. The average molecular weight is 387 g/mol. The molecule has 1 aliphatic rings. The summed E-state index contributed by atoms with van der Waals surface area (Å²) in [5.74, 6) is 0.204. The number of carbonyl (C=O) groups excluding carboxylic acids is 2. The van der Waals surface area contributed by atoms with Gasteiger partial charge in [0.15, 0.2) is 11.5 Å². The Morgan fingerprint density at radius 2 is 2.11 bits per heavy atom. The molecular formula is C17H25N9O2. The Labute approximate surface area is 162 Å². The number of rotatable bonds is 5. The molecule has 2 aromatic heterocycles. The molecule has 1 aliphatic heterocycles. The Morgan fingerprint density at radius 3 is 2.75 bits per heavy atom. The third-order valence-electron chi connectivity index (χ3n) is 4.79. The lowest BCUT2D eigenvalue weighted by atomic mass is 9.97. The van der Waals surface area contributed by atoms with Crippen molar-refractivity contribution in [2.75, 3.05) is 23.8 Å². The normalized spacial score (nSPS) is 19.2. The number of nitrogens with zero attached hydrogens (tertiary/aromatic N) is 5. The summed E-state index contributed by atoms with van der Waals surface area (Å²) < 4.78 is 1.63. The van der Waals surface area contributed by atoms with Gasteiger partial charge in [0.1, 0.15) is 5.82 Å². The quantitative estimate of drug-likeness (QED) is 0.579. The fourth-order valence-electron chi connectivity index (χ4n) is 3.31. The van der Waals surface area contributed by atoms with Crippen LogP contribution in [0.3, 0.4) is 0 Å². The Balaban J connectivity index is 1.87. The molecule has 0 bridgehead atoms. The Kier molecular flexibility index (Phi) is 5.62. The van der Waals surface area contributed by atoms with Crippen LogP contribution in [0.15, 0.2) is 18.6 Å². The molecule has 3 heterocycles. The molecule has 0 aliphatic carbocycles. The van der Waals surface area contributed by atoms with E-state index in [4.69, 9.17) is 5.73 Å². The number of amides is 3.